The fourth-order valence-corrected chi connectivity index (χ4v) is 4.56. The first-order valence-corrected chi connectivity index (χ1v) is 9.43. The van der Waals surface area contributed by atoms with Crippen LogP contribution < -0.4 is 4.72 Å². The quantitative estimate of drug-likeness (QED) is 0.697. The van der Waals surface area contributed by atoms with Gasteiger partial charge in [-0.05, 0) is 53.9 Å². The smallest absolute Gasteiger partial charge is 0.208 e. The molecule has 1 rings (SSSR count). The molecule has 0 radical (unpaired) electrons. The molecule has 1 N–H and O–H groups in total. The fourth-order valence-electron chi connectivity index (χ4n) is 2.09. The zero-order chi connectivity index (χ0) is 15.2. The average molecular weight is 362 g/mol. The Balaban J connectivity index is 2.65. The van der Waals surface area contributed by atoms with E-state index in [1.54, 1.807) is 6.07 Å². The van der Waals surface area contributed by atoms with Crippen LogP contribution in [0, 0.1) is 6.92 Å². The second-order valence-electron chi connectivity index (χ2n) is 5.31. The minimum absolute atomic E-state index is 0.0370. The summed E-state index contributed by atoms with van der Waals surface area (Å²) < 4.78 is 28.0. The average Bonchev–Trinajstić information content (AvgIpc) is 2.33. The molecule has 3 nitrogen and oxygen atoms in total. The first kappa shape index (κ1) is 17.7. The van der Waals surface area contributed by atoms with Crippen LogP contribution in [-0.2, 0) is 10.0 Å². The van der Waals surface area contributed by atoms with Gasteiger partial charge in [0.15, 0.2) is 0 Å². The standard InChI is InChI=1S/C15H24BrNO2S/c1-4-5-6-7-8-13(3)17-20(18,19)15-10-9-12(2)11-14(15)16/h9-11,13,17H,4-8H2,1-3H3. The number of aryl methyl sites for hydroxylation is 1. The fraction of sp³-hybridized carbons (Fsp3) is 0.600. The Morgan fingerprint density at radius 2 is 1.95 bits per heavy atom. The Morgan fingerprint density at radius 1 is 1.25 bits per heavy atom. The summed E-state index contributed by atoms with van der Waals surface area (Å²) in [6.07, 6.45) is 5.51. The summed E-state index contributed by atoms with van der Waals surface area (Å²) in [5.74, 6) is 0. The molecule has 0 saturated heterocycles. The predicted molar refractivity (Wildman–Crippen MR) is 87.4 cm³/mol. The minimum Gasteiger partial charge on any atom is -0.208 e. The molecule has 0 heterocycles. The molecular formula is C15H24BrNO2S. The molecule has 0 fully saturated rings. The SMILES string of the molecule is CCCCCCC(C)NS(=O)(=O)c1ccc(C)cc1Br. The first-order valence-electron chi connectivity index (χ1n) is 7.15. The molecule has 0 spiro atoms. The van der Waals surface area contributed by atoms with E-state index in [1.807, 2.05) is 26.0 Å². The molecule has 1 unspecified atom stereocenters. The molecule has 1 aromatic rings. The lowest BCUT2D eigenvalue weighted by atomic mass is 10.1. The molecule has 114 valence electrons. The van der Waals surface area contributed by atoms with Gasteiger partial charge in [-0.1, -0.05) is 38.7 Å². The van der Waals surface area contributed by atoms with Crippen molar-refractivity contribution in [3.8, 4) is 0 Å². The highest BCUT2D eigenvalue weighted by atomic mass is 79.9. The van der Waals surface area contributed by atoms with E-state index in [2.05, 4.69) is 27.6 Å². The Bertz CT molecular complexity index is 529. The van der Waals surface area contributed by atoms with Crippen molar-refractivity contribution in [2.45, 2.75) is 63.8 Å². The van der Waals surface area contributed by atoms with Gasteiger partial charge in [-0.3, -0.25) is 0 Å². The summed E-state index contributed by atoms with van der Waals surface area (Å²) in [6, 6.07) is 5.24. The summed E-state index contributed by atoms with van der Waals surface area (Å²) in [7, 11) is -3.45. The molecule has 0 saturated carbocycles. The Kier molecular flexibility index (Phi) is 7.20. The van der Waals surface area contributed by atoms with Gasteiger partial charge in [0.25, 0.3) is 0 Å². The van der Waals surface area contributed by atoms with Crippen molar-refractivity contribution in [2.24, 2.45) is 0 Å². The van der Waals surface area contributed by atoms with Crippen molar-refractivity contribution in [1.82, 2.24) is 4.72 Å². The molecule has 0 aromatic heterocycles. The van der Waals surface area contributed by atoms with Gasteiger partial charge in [-0.15, -0.1) is 0 Å². The predicted octanol–water partition coefficient (Wildman–Crippen LogP) is 4.39. The number of unbranched alkanes of at least 4 members (excludes halogenated alkanes) is 3. The second kappa shape index (κ2) is 8.15. The molecule has 0 amide bonds. The van der Waals surface area contributed by atoms with Crippen LogP contribution in [0.2, 0.25) is 0 Å². The molecule has 1 aromatic carbocycles. The van der Waals surface area contributed by atoms with Crippen LogP contribution in [0.15, 0.2) is 27.6 Å². The van der Waals surface area contributed by atoms with Gasteiger partial charge in [-0.2, -0.15) is 0 Å². The summed E-state index contributed by atoms with van der Waals surface area (Å²) in [5.41, 5.74) is 1.03. The van der Waals surface area contributed by atoms with Crippen LogP contribution in [0.3, 0.4) is 0 Å². The Morgan fingerprint density at radius 3 is 2.55 bits per heavy atom. The zero-order valence-corrected chi connectivity index (χ0v) is 14.9. The lowest BCUT2D eigenvalue weighted by Crippen LogP contribution is -2.32. The van der Waals surface area contributed by atoms with Gasteiger partial charge >= 0.3 is 0 Å². The van der Waals surface area contributed by atoms with Crippen LogP contribution in [0.1, 0.15) is 51.5 Å². The highest BCUT2D eigenvalue weighted by molar-refractivity contribution is 9.10. The lowest BCUT2D eigenvalue weighted by Gasteiger charge is -2.15. The van der Waals surface area contributed by atoms with E-state index in [0.29, 0.717) is 9.37 Å². The van der Waals surface area contributed by atoms with Crippen molar-refractivity contribution in [1.29, 1.82) is 0 Å². The number of rotatable bonds is 8. The highest BCUT2D eigenvalue weighted by Gasteiger charge is 2.19. The summed E-state index contributed by atoms with van der Waals surface area (Å²) >= 11 is 3.33. The van der Waals surface area contributed by atoms with E-state index in [1.165, 1.54) is 12.8 Å². The molecule has 0 aliphatic rings. The van der Waals surface area contributed by atoms with Crippen LogP contribution in [0.4, 0.5) is 0 Å². The molecule has 1 atom stereocenters. The van der Waals surface area contributed by atoms with E-state index in [0.717, 1.165) is 24.8 Å². The number of halogens is 1. The summed E-state index contributed by atoms with van der Waals surface area (Å²) in [4.78, 5) is 0.309. The minimum atomic E-state index is -3.45. The maximum atomic E-state index is 12.3. The van der Waals surface area contributed by atoms with Crippen LogP contribution in [0.5, 0.6) is 0 Å². The molecule has 20 heavy (non-hydrogen) atoms. The molecule has 0 aliphatic heterocycles. The maximum absolute atomic E-state index is 12.3. The third kappa shape index (κ3) is 5.54. The third-order valence-electron chi connectivity index (χ3n) is 3.22. The van der Waals surface area contributed by atoms with E-state index >= 15 is 0 Å². The van der Waals surface area contributed by atoms with Gasteiger partial charge in [0.2, 0.25) is 10.0 Å². The van der Waals surface area contributed by atoms with E-state index in [9.17, 15) is 8.42 Å². The lowest BCUT2D eigenvalue weighted by molar-refractivity contribution is 0.521. The number of benzene rings is 1. The number of nitrogens with one attached hydrogen (secondary N) is 1. The van der Waals surface area contributed by atoms with Crippen molar-refractivity contribution < 1.29 is 8.42 Å². The van der Waals surface area contributed by atoms with Crippen molar-refractivity contribution >= 4 is 26.0 Å². The van der Waals surface area contributed by atoms with E-state index in [-0.39, 0.29) is 6.04 Å². The molecule has 5 heteroatoms. The van der Waals surface area contributed by atoms with Gasteiger partial charge in [0.05, 0.1) is 4.90 Å². The van der Waals surface area contributed by atoms with Crippen molar-refractivity contribution in [3.63, 3.8) is 0 Å². The molecule has 0 bridgehead atoms. The molecular weight excluding hydrogens is 338 g/mol. The zero-order valence-electron chi connectivity index (χ0n) is 12.4. The summed E-state index contributed by atoms with van der Waals surface area (Å²) in [6.45, 7) is 6.03. The molecule has 0 aliphatic carbocycles. The van der Waals surface area contributed by atoms with Gasteiger partial charge in [0, 0.05) is 10.5 Å². The Labute approximate surface area is 131 Å². The summed E-state index contributed by atoms with van der Waals surface area (Å²) in [5, 5.41) is 0. The van der Waals surface area contributed by atoms with Crippen molar-refractivity contribution in [2.75, 3.05) is 0 Å². The number of hydrogen-bond acceptors (Lipinski definition) is 2. The highest BCUT2D eigenvalue weighted by Crippen LogP contribution is 2.23. The van der Waals surface area contributed by atoms with Gasteiger partial charge in [-0.25, -0.2) is 13.1 Å². The van der Waals surface area contributed by atoms with Crippen molar-refractivity contribution in [3.05, 3.63) is 28.2 Å². The largest absolute Gasteiger partial charge is 0.241 e. The monoisotopic (exact) mass is 361 g/mol. The van der Waals surface area contributed by atoms with E-state index in [4.69, 9.17) is 0 Å². The topological polar surface area (TPSA) is 46.2 Å². The van der Waals surface area contributed by atoms with Crippen LogP contribution >= 0.6 is 15.9 Å². The third-order valence-corrected chi connectivity index (χ3v) is 5.79. The van der Waals surface area contributed by atoms with Gasteiger partial charge < -0.3 is 0 Å². The van der Waals surface area contributed by atoms with Crippen LogP contribution in [-0.4, -0.2) is 14.5 Å². The second-order valence-corrected chi connectivity index (χ2v) is 7.84. The number of sulfonamides is 1. The normalized spacial score (nSPS) is 13.4. The van der Waals surface area contributed by atoms with Gasteiger partial charge in [0.1, 0.15) is 0 Å². The Hall–Kier alpha value is -0.390. The first-order chi connectivity index (χ1) is 9.36. The van der Waals surface area contributed by atoms with Crippen LogP contribution in [0.25, 0.3) is 0 Å². The number of hydrogen-bond donors (Lipinski definition) is 1. The van der Waals surface area contributed by atoms with E-state index < -0.39 is 10.0 Å². The maximum Gasteiger partial charge on any atom is 0.241 e.